The lowest BCUT2D eigenvalue weighted by Gasteiger charge is -2.08. The van der Waals surface area contributed by atoms with Crippen LogP contribution in [0.1, 0.15) is 26.5 Å². The zero-order valence-electron chi connectivity index (χ0n) is 15.0. The van der Waals surface area contributed by atoms with Crippen LogP contribution < -0.4 is 14.9 Å². The summed E-state index contributed by atoms with van der Waals surface area (Å²) in [6.07, 6.45) is 0. The van der Waals surface area contributed by atoms with E-state index < -0.39 is 0 Å². The fourth-order valence-electron chi connectivity index (χ4n) is 2.65. The van der Waals surface area contributed by atoms with Gasteiger partial charge in [-0.3, -0.25) is 14.2 Å². The Kier molecular flexibility index (Phi) is 5.71. The molecule has 0 bridgehead atoms. The molecule has 2 aromatic carbocycles. The Balaban J connectivity index is 1.71. The summed E-state index contributed by atoms with van der Waals surface area (Å²) < 4.78 is 19.7. The highest BCUT2D eigenvalue weighted by Gasteiger charge is 2.17. The van der Waals surface area contributed by atoms with Gasteiger partial charge in [-0.25, -0.2) is 4.39 Å². The number of nitrogens with zero attached hydrogens (tertiary/aromatic N) is 1. The number of carbonyl (C=O) groups excluding carboxylic acids is 1. The third-order valence-corrected chi connectivity index (χ3v) is 5.30. The van der Waals surface area contributed by atoms with Gasteiger partial charge in [-0.2, -0.15) is 0 Å². The Hall–Kier alpha value is -2.93. The molecule has 0 radical (unpaired) electrons. The summed E-state index contributed by atoms with van der Waals surface area (Å²) in [5.41, 5.74) is 2.33. The molecular weight excluding hydrogens is 367 g/mol. The van der Waals surface area contributed by atoms with Crippen LogP contribution >= 0.6 is 11.3 Å². The van der Waals surface area contributed by atoms with Crippen molar-refractivity contribution in [2.24, 2.45) is 0 Å². The monoisotopic (exact) mass is 386 g/mol. The van der Waals surface area contributed by atoms with Crippen molar-refractivity contribution in [2.45, 2.75) is 20.0 Å². The van der Waals surface area contributed by atoms with Gasteiger partial charge in [0, 0.05) is 12.2 Å². The van der Waals surface area contributed by atoms with Gasteiger partial charge < -0.3 is 10.1 Å². The Morgan fingerprint density at radius 1 is 1.11 bits per heavy atom. The number of nitrogens with one attached hydrogen (secondary N) is 1. The fraction of sp³-hybridized carbons (Fsp3) is 0.200. The van der Waals surface area contributed by atoms with Crippen LogP contribution in [-0.4, -0.2) is 17.6 Å². The van der Waals surface area contributed by atoms with E-state index >= 15 is 0 Å². The quantitative estimate of drug-likeness (QED) is 0.707. The molecule has 0 unspecified atom stereocenters. The topological polar surface area (TPSA) is 60.3 Å². The van der Waals surface area contributed by atoms with Crippen molar-refractivity contribution in [2.75, 3.05) is 7.11 Å². The summed E-state index contributed by atoms with van der Waals surface area (Å²) >= 11 is 0.914. The van der Waals surface area contributed by atoms with Crippen molar-refractivity contribution >= 4 is 17.2 Å². The molecule has 1 amide bonds. The molecule has 0 aliphatic carbocycles. The molecule has 0 saturated carbocycles. The first-order chi connectivity index (χ1) is 13.0. The van der Waals surface area contributed by atoms with Crippen LogP contribution in [0.4, 0.5) is 4.39 Å². The van der Waals surface area contributed by atoms with E-state index in [2.05, 4.69) is 5.32 Å². The third-order valence-electron chi connectivity index (χ3n) is 4.22. The SMILES string of the molecule is COc1ccc(CNC(=O)c2sc(=O)n(Cc3ccc(F)cc3)c2C)cc1. The standard InChI is InChI=1S/C20H19FN2O3S/c1-13-18(19(24)22-11-14-5-9-17(26-2)10-6-14)27-20(25)23(13)12-15-3-7-16(21)8-4-15/h3-10H,11-12H2,1-2H3,(H,22,24). The minimum Gasteiger partial charge on any atom is -0.497 e. The molecule has 0 aliphatic heterocycles. The van der Waals surface area contributed by atoms with E-state index in [1.165, 1.54) is 16.7 Å². The number of ether oxygens (including phenoxy) is 1. The van der Waals surface area contributed by atoms with Crippen LogP contribution in [0, 0.1) is 12.7 Å². The molecule has 0 atom stereocenters. The van der Waals surface area contributed by atoms with Crippen molar-refractivity contribution in [1.82, 2.24) is 9.88 Å². The zero-order chi connectivity index (χ0) is 19.4. The average molecular weight is 386 g/mol. The Bertz CT molecular complexity index is 992. The fourth-order valence-corrected chi connectivity index (χ4v) is 3.56. The number of methoxy groups -OCH3 is 1. The lowest BCUT2D eigenvalue weighted by Crippen LogP contribution is -2.23. The molecular formula is C20H19FN2O3S. The molecule has 0 fully saturated rings. The molecule has 0 saturated heterocycles. The van der Waals surface area contributed by atoms with Gasteiger partial charge in [0.25, 0.3) is 5.91 Å². The summed E-state index contributed by atoms with van der Waals surface area (Å²) in [6, 6.07) is 13.3. The summed E-state index contributed by atoms with van der Waals surface area (Å²) in [6.45, 7) is 2.39. The van der Waals surface area contributed by atoms with Gasteiger partial charge in [0.1, 0.15) is 16.4 Å². The molecule has 3 rings (SSSR count). The molecule has 140 valence electrons. The number of aromatic nitrogens is 1. The molecule has 3 aromatic rings. The number of hydrogen-bond donors (Lipinski definition) is 1. The predicted octanol–water partition coefficient (Wildman–Crippen LogP) is 3.34. The van der Waals surface area contributed by atoms with E-state index in [0.29, 0.717) is 23.7 Å². The Labute approximate surface area is 160 Å². The first-order valence-electron chi connectivity index (χ1n) is 8.33. The number of thiazole rings is 1. The summed E-state index contributed by atoms with van der Waals surface area (Å²) in [5, 5.41) is 2.83. The molecule has 1 aromatic heterocycles. The molecule has 7 heteroatoms. The minimum atomic E-state index is -0.327. The van der Waals surface area contributed by atoms with Crippen molar-refractivity contribution in [1.29, 1.82) is 0 Å². The van der Waals surface area contributed by atoms with Gasteiger partial charge in [0.05, 0.1) is 13.7 Å². The molecule has 27 heavy (non-hydrogen) atoms. The zero-order valence-corrected chi connectivity index (χ0v) is 15.8. The van der Waals surface area contributed by atoms with Gasteiger partial charge in [-0.15, -0.1) is 0 Å². The molecule has 1 N–H and O–H groups in total. The van der Waals surface area contributed by atoms with E-state index in [-0.39, 0.29) is 16.6 Å². The Morgan fingerprint density at radius 3 is 2.37 bits per heavy atom. The van der Waals surface area contributed by atoms with Crippen LogP contribution in [0.25, 0.3) is 0 Å². The number of amides is 1. The summed E-state index contributed by atoms with van der Waals surface area (Å²) in [5.74, 6) is 0.131. The number of benzene rings is 2. The molecule has 5 nitrogen and oxygen atoms in total. The van der Waals surface area contributed by atoms with Crippen LogP contribution in [0.15, 0.2) is 53.3 Å². The lowest BCUT2D eigenvalue weighted by molar-refractivity contribution is 0.0954. The normalized spacial score (nSPS) is 10.6. The third kappa shape index (κ3) is 4.43. The highest BCUT2D eigenvalue weighted by Crippen LogP contribution is 2.15. The van der Waals surface area contributed by atoms with E-state index in [0.717, 1.165) is 28.2 Å². The molecule has 0 spiro atoms. The Morgan fingerprint density at radius 2 is 1.74 bits per heavy atom. The smallest absolute Gasteiger partial charge is 0.308 e. The highest BCUT2D eigenvalue weighted by atomic mass is 32.1. The van der Waals surface area contributed by atoms with Crippen molar-refractivity contribution in [3.63, 3.8) is 0 Å². The van der Waals surface area contributed by atoms with Crippen LogP contribution in [0.3, 0.4) is 0 Å². The second-order valence-electron chi connectivity index (χ2n) is 6.03. The van der Waals surface area contributed by atoms with E-state index in [4.69, 9.17) is 4.74 Å². The second kappa shape index (κ2) is 8.18. The van der Waals surface area contributed by atoms with Crippen molar-refractivity contribution < 1.29 is 13.9 Å². The number of halogens is 1. The maximum absolute atomic E-state index is 13.0. The minimum absolute atomic E-state index is 0.216. The van der Waals surface area contributed by atoms with Gasteiger partial charge in [-0.05, 0) is 42.3 Å². The van der Waals surface area contributed by atoms with Gasteiger partial charge >= 0.3 is 4.87 Å². The maximum Gasteiger partial charge on any atom is 0.308 e. The largest absolute Gasteiger partial charge is 0.497 e. The maximum atomic E-state index is 13.0. The van der Waals surface area contributed by atoms with Crippen LogP contribution in [0.5, 0.6) is 5.75 Å². The molecule has 0 aliphatic rings. The van der Waals surface area contributed by atoms with Crippen molar-refractivity contribution in [3.05, 3.63) is 85.7 Å². The average Bonchev–Trinajstić information content (AvgIpc) is 2.96. The summed E-state index contributed by atoms with van der Waals surface area (Å²) in [4.78, 5) is 25.0. The highest BCUT2D eigenvalue weighted by molar-refractivity contribution is 7.11. The predicted molar refractivity (Wildman–Crippen MR) is 103 cm³/mol. The first kappa shape index (κ1) is 18.8. The number of rotatable bonds is 6. The van der Waals surface area contributed by atoms with Crippen LogP contribution in [0.2, 0.25) is 0 Å². The van der Waals surface area contributed by atoms with Crippen molar-refractivity contribution in [3.8, 4) is 5.75 Å². The number of carbonyl (C=O) groups is 1. The second-order valence-corrected chi connectivity index (χ2v) is 6.99. The summed E-state index contributed by atoms with van der Waals surface area (Å²) in [7, 11) is 1.60. The van der Waals surface area contributed by atoms with E-state index in [1.54, 1.807) is 26.2 Å². The lowest BCUT2D eigenvalue weighted by atomic mass is 10.2. The van der Waals surface area contributed by atoms with E-state index in [9.17, 15) is 14.0 Å². The van der Waals surface area contributed by atoms with E-state index in [1.807, 2.05) is 24.3 Å². The van der Waals surface area contributed by atoms with Gasteiger partial charge in [0.2, 0.25) is 0 Å². The van der Waals surface area contributed by atoms with Gasteiger partial charge in [0.15, 0.2) is 0 Å². The number of hydrogen-bond acceptors (Lipinski definition) is 4. The van der Waals surface area contributed by atoms with Gasteiger partial charge in [-0.1, -0.05) is 35.6 Å². The van der Waals surface area contributed by atoms with Crippen LogP contribution in [-0.2, 0) is 13.1 Å². The first-order valence-corrected chi connectivity index (χ1v) is 9.15. The molecule has 1 heterocycles.